The van der Waals surface area contributed by atoms with Crippen molar-refractivity contribution >= 4 is 46.5 Å². The average Bonchev–Trinajstić information content (AvgIpc) is 4.02. The highest BCUT2D eigenvalue weighted by molar-refractivity contribution is 6.25. The van der Waals surface area contributed by atoms with E-state index in [0.717, 1.165) is 10.4 Å². The molecule has 0 unspecified atom stereocenters. The molecule has 3 aliphatic heterocycles. The number of aliphatic hydroxyl groups is 1. The third-order valence-corrected chi connectivity index (χ3v) is 13.2. The van der Waals surface area contributed by atoms with Crippen LogP contribution in [0.3, 0.4) is 0 Å². The summed E-state index contributed by atoms with van der Waals surface area (Å²) in [4.78, 5) is 78.4. The second-order valence-corrected chi connectivity index (χ2v) is 17.5. The van der Waals surface area contributed by atoms with E-state index in [0.29, 0.717) is 33.5 Å². The average molecular weight is 942 g/mol. The minimum atomic E-state index is -2.12. The predicted molar refractivity (Wildman–Crippen MR) is 258 cm³/mol. The molecule has 2 saturated heterocycles. The van der Waals surface area contributed by atoms with Crippen LogP contribution < -0.4 is 20.3 Å². The number of nitrogens with zero attached hydrogens (tertiary/aromatic N) is 5. The molecule has 7 atom stereocenters. The normalized spacial score (nSPS) is 21.8. The van der Waals surface area contributed by atoms with Crippen LogP contribution in [0.1, 0.15) is 59.9 Å². The quantitative estimate of drug-likeness (QED) is 0.0725. The first kappa shape index (κ1) is 47.0. The molecule has 70 heavy (non-hydrogen) atoms. The first-order valence-corrected chi connectivity index (χ1v) is 23.0. The number of benzene rings is 5. The molecular formula is C54H51N7O9. The van der Waals surface area contributed by atoms with Crippen molar-refractivity contribution in [3.05, 3.63) is 168 Å². The number of hydrogen-bond donors (Lipinski definition) is 3. The molecule has 5 aromatic carbocycles. The molecule has 0 saturated carbocycles. The lowest BCUT2D eigenvalue weighted by atomic mass is 9.65. The number of carbonyl (C=O) groups excluding carboxylic acids is 5. The molecule has 3 N–H and O–H groups in total. The van der Waals surface area contributed by atoms with Gasteiger partial charge in [0.15, 0.2) is 0 Å². The number of fused-ring (bicyclic) bond motifs is 4. The zero-order valence-corrected chi connectivity index (χ0v) is 38.7. The summed E-state index contributed by atoms with van der Waals surface area (Å²) in [5.74, 6) is 1.67. The Balaban J connectivity index is 1.33. The fraction of sp³-hybridized carbons (Fsp3) is 0.278. The molecule has 2 fully saturated rings. The highest BCUT2D eigenvalue weighted by atomic mass is 16.6. The van der Waals surface area contributed by atoms with Crippen molar-refractivity contribution in [2.75, 3.05) is 31.8 Å². The minimum absolute atomic E-state index is 0.0278. The Morgan fingerprint density at radius 1 is 0.900 bits per heavy atom. The number of anilines is 1. The zero-order chi connectivity index (χ0) is 49.1. The van der Waals surface area contributed by atoms with E-state index in [1.807, 2.05) is 89.8 Å². The molecule has 9 rings (SSSR count). The van der Waals surface area contributed by atoms with Gasteiger partial charge in [-0.15, -0.1) is 11.7 Å². The standard InChI is InChI=1S/C54H51N7O9/c1-5-27-55-49(63)43-46-51(65)70-47(36-19-10-7-11-20-36)45(35-17-8-6-9-18-35)61(46)48(37-21-14-22-38(32-37)69-30-29-62)54(43)39-31-34(16-15-28-59-42-24-13-12-23-40(42)57-58-59)25-26-41(39)60(52(54)66)53(67)56-44(33(2)3)50(64)68-4/h5-14,17-26,31-33,43-48,62H,1,27-30H2,2-4H3,(H,55,63)(H,56,67)/t43-,44+,45-,46-,47+,48+,54-/m1/s1. The number of cyclic esters (lactones) is 1. The van der Waals surface area contributed by atoms with Gasteiger partial charge in [-0.3, -0.25) is 19.3 Å². The Morgan fingerprint density at radius 3 is 2.33 bits per heavy atom. The number of amides is 4. The molecular weight excluding hydrogens is 891 g/mol. The molecule has 4 heterocycles. The Kier molecular flexibility index (Phi) is 13.3. The van der Waals surface area contributed by atoms with Crippen molar-refractivity contribution < 1.29 is 43.3 Å². The smallest absolute Gasteiger partial charge is 0.329 e. The second kappa shape index (κ2) is 19.8. The van der Waals surface area contributed by atoms with E-state index >= 15 is 19.2 Å². The number of rotatable bonds is 13. The van der Waals surface area contributed by atoms with E-state index in [-0.39, 0.29) is 37.6 Å². The van der Waals surface area contributed by atoms with Gasteiger partial charge < -0.3 is 30.0 Å². The van der Waals surface area contributed by atoms with Crippen LogP contribution in [0.2, 0.25) is 0 Å². The Bertz CT molecular complexity index is 3040. The van der Waals surface area contributed by atoms with Gasteiger partial charge >= 0.3 is 18.0 Å². The lowest BCUT2D eigenvalue weighted by Gasteiger charge is -2.46. The number of imide groups is 1. The molecule has 3 aliphatic rings. The number of aliphatic hydroxyl groups excluding tert-OH is 1. The van der Waals surface area contributed by atoms with E-state index in [2.05, 4.69) is 39.4 Å². The van der Waals surface area contributed by atoms with Gasteiger partial charge in [0.1, 0.15) is 48.0 Å². The molecule has 1 spiro atoms. The van der Waals surface area contributed by atoms with Gasteiger partial charge in [-0.1, -0.05) is 122 Å². The van der Waals surface area contributed by atoms with Crippen molar-refractivity contribution in [1.82, 2.24) is 30.5 Å². The maximum Gasteiger partial charge on any atom is 0.329 e. The van der Waals surface area contributed by atoms with E-state index in [9.17, 15) is 9.90 Å². The molecule has 6 aromatic rings. The Labute approximate surface area is 404 Å². The van der Waals surface area contributed by atoms with Crippen LogP contribution >= 0.6 is 0 Å². The number of esters is 2. The van der Waals surface area contributed by atoms with Crippen molar-refractivity contribution in [3.63, 3.8) is 0 Å². The van der Waals surface area contributed by atoms with Crippen LogP contribution in [0.5, 0.6) is 5.75 Å². The van der Waals surface area contributed by atoms with Crippen molar-refractivity contribution in [1.29, 1.82) is 0 Å². The molecule has 356 valence electrons. The number of morpholine rings is 1. The highest BCUT2D eigenvalue weighted by Gasteiger charge is 2.75. The van der Waals surface area contributed by atoms with Crippen LogP contribution in [0.25, 0.3) is 11.0 Å². The lowest BCUT2D eigenvalue weighted by molar-refractivity contribution is -0.178. The summed E-state index contributed by atoms with van der Waals surface area (Å²) in [6.07, 6.45) is 0.534. The molecule has 0 bridgehead atoms. The number of aromatic nitrogens is 3. The van der Waals surface area contributed by atoms with Gasteiger partial charge in [-0.25, -0.2) is 19.2 Å². The molecule has 0 aliphatic carbocycles. The fourth-order valence-corrected chi connectivity index (χ4v) is 10.3. The molecule has 0 radical (unpaired) electrons. The number of carbonyl (C=O) groups is 5. The van der Waals surface area contributed by atoms with Crippen molar-refractivity contribution in [2.45, 2.75) is 56.1 Å². The van der Waals surface area contributed by atoms with Gasteiger partial charge in [0, 0.05) is 12.1 Å². The third-order valence-electron chi connectivity index (χ3n) is 13.2. The van der Waals surface area contributed by atoms with Gasteiger partial charge in [-0.2, -0.15) is 0 Å². The van der Waals surface area contributed by atoms with Gasteiger partial charge in [0.05, 0.1) is 42.9 Å². The highest BCUT2D eigenvalue weighted by Crippen LogP contribution is 2.66. The van der Waals surface area contributed by atoms with Crippen LogP contribution in [0, 0.1) is 23.7 Å². The summed E-state index contributed by atoms with van der Waals surface area (Å²) in [5, 5.41) is 24.0. The second-order valence-electron chi connectivity index (χ2n) is 17.5. The van der Waals surface area contributed by atoms with Crippen LogP contribution in [-0.2, 0) is 40.6 Å². The van der Waals surface area contributed by atoms with Crippen LogP contribution in [0.4, 0.5) is 10.5 Å². The lowest BCUT2D eigenvalue weighted by Crippen LogP contribution is -2.57. The van der Waals surface area contributed by atoms with E-state index in [4.69, 9.17) is 14.2 Å². The fourth-order valence-electron chi connectivity index (χ4n) is 10.3. The van der Waals surface area contributed by atoms with Crippen molar-refractivity contribution in [2.24, 2.45) is 11.8 Å². The van der Waals surface area contributed by atoms with Crippen LogP contribution in [0.15, 0.2) is 140 Å². The SMILES string of the molecule is C=CCNC(=O)[C@H]1[C@@H]2C(=O)O[C@@H](c3ccccc3)[C@@H](c3ccccc3)N2[C@@H](c2cccc(OCCO)c2)[C@]12C(=O)N(C(=O)N[C@H](C(=O)OC)C(C)C)c1ccc(C#CCn3nnc4ccccc43)cc12. The summed E-state index contributed by atoms with van der Waals surface area (Å²) >= 11 is 0. The van der Waals surface area contributed by atoms with Gasteiger partial charge in [0.2, 0.25) is 11.8 Å². The summed E-state index contributed by atoms with van der Waals surface area (Å²) in [5.41, 5.74) is 1.94. The molecule has 16 nitrogen and oxygen atoms in total. The van der Waals surface area contributed by atoms with Crippen LogP contribution in [-0.4, -0.2) is 93.7 Å². The summed E-state index contributed by atoms with van der Waals surface area (Å²) in [6, 6.07) is 32.4. The summed E-state index contributed by atoms with van der Waals surface area (Å²) < 4.78 is 19.3. The number of para-hydroxylation sites is 1. The zero-order valence-electron chi connectivity index (χ0n) is 38.7. The molecule has 16 heteroatoms. The van der Waals surface area contributed by atoms with Gasteiger partial charge in [0.25, 0.3) is 0 Å². The van der Waals surface area contributed by atoms with E-state index < -0.39 is 77.3 Å². The monoisotopic (exact) mass is 941 g/mol. The Morgan fingerprint density at radius 2 is 1.61 bits per heavy atom. The first-order valence-electron chi connectivity index (χ1n) is 23.0. The van der Waals surface area contributed by atoms with E-state index in [1.54, 1.807) is 61.0 Å². The first-order chi connectivity index (χ1) is 34.0. The number of nitrogens with one attached hydrogen (secondary N) is 2. The minimum Gasteiger partial charge on any atom is -0.491 e. The number of hydrogen-bond acceptors (Lipinski definition) is 12. The molecule has 4 amide bonds. The largest absolute Gasteiger partial charge is 0.491 e. The molecule has 1 aromatic heterocycles. The van der Waals surface area contributed by atoms with Gasteiger partial charge in [-0.05, 0) is 70.6 Å². The predicted octanol–water partition coefficient (Wildman–Crippen LogP) is 5.73. The maximum absolute atomic E-state index is 16.5. The maximum atomic E-state index is 16.5. The summed E-state index contributed by atoms with van der Waals surface area (Å²) in [6.45, 7) is 7.07. The summed E-state index contributed by atoms with van der Waals surface area (Å²) in [7, 11) is 1.21. The van der Waals surface area contributed by atoms with Crippen molar-refractivity contribution in [3.8, 4) is 17.6 Å². The number of urea groups is 1. The number of ether oxygens (including phenoxy) is 3. The Hall–Kier alpha value is -8.13. The third kappa shape index (κ3) is 8.22. The topological polar surface area (TPSA) is 195 Å². The van der Waals surface area contributed by atoms with E-state index in [1.165, 1.54) is 13.2 Å². The number of methoxy groups -OCH3 is 1.